The number of methoxy groups -OCH3 is 1. The van der Waals surface area contributed by atoms with E-state index in [0.29, 0.717) is 0 Å². The van der Waals surface area contributed by atoms with Crippen molar-refractivity contribution < 1.29 is 9.84 Å². The van der Waals surface area contributed by atoms with Gasteiger partial charge >= 0.3 is 0 Å². The summed E-state index contributed by atoms with van der Waals surface area (Å²) in [6, 6.07) is 11.7. The van der Waals surface area contributed by atoms with E-state index in [0.717, 1.165) is 35.3 Å². The molecular formula is C22H29NO2. The first kappa shape index (κ1) is 19.2. The lowest BCUT2D eigenvalue weighted by Gasteiger charge is -2.26. The van der Waals surface area contributed by atoms with Crippen molar-refractivity contribution in [1.29, 1.82) is 0 Å². The summed E-state index contributed by atoms with van der Waals surface area (Å²) in [7, 11) is 1.66. The summed E-state index contributed by atoms with van der Waals surface area (Å²) < 4.78 is 5.23. The van der Waals surface area contributed by atoms with Crippen LogP contribution in [0, 0.1) is 5.92 Å². The third kappa shape index (κ3) is 5.43. The van der Waals surface area contributed by atoms with E-state index in [-0.39, 0.29) is 5.92 Å². The second kappa shape index (κ2) is 10.00. The molecule has 0 bridgehead atoms. The van der Waals surface area contributed by atoms with Crippen LogP contribution < -0.4 is 4.74 Å². The zero-order chi connectivity index (χ0) is 18.1. The van der Waals surface area contributed by atoms with Crippen LogP contribution in [0.2, 0.25) is 0 Å². The van der Waals surface area contributed by atoms with E-state index >= 15 is 0 Å². The van der Waals surface area contributed by atoms with Crippen LogP contribution in [0.1, 0.15) is 56.3 Å². The number of nitrogens with zero attached hydrogens (tertiary/aromatic N) is 1. The van der Waals surface area contributed by atoms with Crippen LogP contribution in [-0.2, 0) is 0 Å². The third-order valence-corrected chi connectivity index (χ3v) is 4.68. The first-order valence-electron chi connectivity index (χ1n) is 9.08. The molecule has 2 aromatic rings. The average Bonchev–Trinajstić information content (AvgIpc) is 2.68. The van der Waals surface area contributed by atoms with Gasteiger partial charge < -0.3 is 9.84 Å². The minimum Gasteiger partial charge on any atom is -0.497 e. The van der Waals surface area contributed by atoms with Gasteiger partial charge in [-0.3, -0.25) is 4.98 Å². The number of hydrogen-bond acceptors (Lipinski definition) is 3. The van der Waals surface area contributed by atoms with Crippen molar-refractivity contribution in [3.8, 4) is 5.75 Å². The monoisotopic (exact) mass is 339 g/mol. The number of hydrogen-bond donors (Lipinski definition) is 1. The molecule has 0 aliphatic heterocycles. The van der Waals surface area contributed by atoms with Crippen molar-refractivity contribution in [2.75, 3.05) is 7.11 Å². The molecule has 0 fully saturated rings. The quantitative estimate of drug-likeness (QED) is 0.587. The Kier molecular flexibility index (Phi) is 7.68. The fourth-order valence-corrected chi connectivity index (χ4v) is 3.12. The molecule has 0 aliphatic rings. The lowest BCUT2D eigenvalue weighted by atomic mass is 9.83. The van der Waals surface area contributed by atoms with E-state index in [1.807, 2.05) is 36.4 Å². The zero-order valence-electron chi connectivity index (χ0n) is 15.3. The highest BCUT2D eigenvalue weighted by Gasteiger charge is 2.24. The number of benzene rings is 1. The summed E-state index contributed by atoms with van der Waals surface area (Å²) in [4.78, 5) is 4.15. The van der Waals surface area contributed by atoms with Gasteiger partial charge in [-0.2, -0.15) is 0 Å². The van der Waals surface area contributed by atoms with Crippen molar-refractivity contribution in [2.45, 2.75) is 45.1 Å². The molecule has 1 aromatic heterocycles. The lowest BCUT2D eigenvalue weighted by molar-refractivity contribution is 0.129. The number of pyridine rings is 1. The summed E-state index contributed by atoms with van der Waals surface area (Å²) >= 11 is 0. The molecule has 2 rings (SSSR count). The first-order valence-corrected chi connectivity index (χ1v) is 9.08. The topological polar surface area (TPSA) is 42.4 Å². The molecule has 0 amide bonds. The van der Waals surface area contributed by atoms with Crippen molar-refractivity contribution in [1.82, 2.24) is 4.98 Å². The summed E-state index contributed by atoms with van der Waals surface area (Å²) in [5.41, 5.74) is 2.86. The minimum atomic E-state index is -0.593. The van der Waals surface area contributed by atoms with Gasteiger partial charge in [0.15, 0.2) is 0 Å². The Labute approximate surface area is 151 Å². The number of unbranched alkanes of at least 4 members (excludes halogenated alkanes) is 3. The lowest BCUT2D eigenvalue weighted by Crippen LogP contribution is -2.15. The Balaban J connectivity index is 2.18. The molecule has 0 unspecified atom stereocenters. The largest absolute Gasteiger partial charge is 0.497 e. The molecule has 3 heteroatoms. The van der Waals surface area contributed by atoms with Crippen molar-refractivity contribution in [3.63, 3.8) is 0 Å². The van der Waals surface area contributed by atoms with Gasteiger partial charge in [-0.15, -0.1) is 0 Å². The maximum Gasteiger partial charge on any atom is 0.118 e. The standard InChI is InChI=1S/C22H29NO2/c1-4-5-6-7-10-21(22(24)19-9-8-15-23-16-19)17(2)18-11-13-20(25-3)14-12-18/h8-9,11-16,21-22,24H,2,4-7,10H2,1,3H3/t21-,22-/m1/s1. The van der Waals surface area contributed by atoms with Gasteiger partial charge in [-0.25, -0.2) is 0 Å². The second-order valence-electron chi connectivity index (χ2n) is 6.44. The Bertz CT molecular complexity index is 637. The highest BCUT2D eigenvalue weighted by molar-refractivity contribution is 5.66. The predicted octanol–water partition coefficient (Wildman–Crippen LogP) is 5.42. The fourth-order valence-electron chi connectivity index (χ4n) is 3.12. The summed E-state index contributed by atoms with van der Waals surface area (Å²) in [5, 5.41) is 10.9. The van der Waals surface area contributed by atoms with Crippen molar-refractivity contribution >= 4 is 5.57 Å². The van der Waals surface area contributed by atoms with Gasteiger partial charge in [0, 0.05) is 18.3 Å². The molecule has 25 heavy (non-hydrogen) atoms. The maximum absolute atomic E-state index is 10.9. The SMILES string of the molecule is C=C(c1ccc(OC)cc1)[C@@H](CCCCCC)[C@H](O)c1cccnc1. The number of rotatable bonds is 10. The van der Waals surface area contributed by atoms with Crippen molar-refractivity contribution in [3.05, 3.63) is 66.5 Å². The fraction of sp³-hybridized carbons (Fsp3) is 0.409. The highest BCUT2D eigenvalue weighted by Crippen LogP contribution is 2.36. The number of aromatic nitrogens is 1. The minimum absolute atomic E-state index is 0.0190. The molecule has 0 saturated carbocycles. The van der Waals surface area contributed by atoms with Crippen LogP contribution in [-0.4, -0.2) is 17.2 Å². The molecular weight excluding hydrogens is 310 g/mol. The van der Waals surface area contributed by atoms with Crippen LogP contribution in [0.15, 0.2) is 55.4 Å². The molecule has 2 atom stereocenters. The molecule has 3 nitrogen and oxygen atoms in total. The summed E-state index contributed by atoms with van der Waals surface area (Å²) in [5.74, 6) is 0.804. The molecule has 1 N–H and O–H groups in total. The van der Waals surface area contributed by atoms with Crippen LogP contribution in [0.25, 0.3) is 5.57 Å². The van der Waals surface area contributed by atoms with E-state index in [4.69, 9.17) is 4.74 Å². The molecule has 0 aliphatic carbocycles. The van der Waals surface area contributed by atoms with Gasteiger partial charge in [0.1, 0.15) is 5.75 Å². The third-order valence-electron chi connectivity index (χ3n) is 4.68. The normalized spacial score (nSPS) is 13.2. The highest BCUT2D eigenvalue weighted by atomic mass is 16.5. The van der Waals surface area contributed by atoms with Crippen LogP contribution in [0.5, 0.6) is 5.75 Å². The maximum atomic E-state index is 10.9. The molecule has 0 saturated heterocycles. The molecule has 1 aromatic carbocycles. The number of ether oxygens (including phenoxy) is 1. The second-order valence-corrected chi connectivity index (χ2v) is 6.44. The van der Waals surface area contributed by atoms with Gasteiger partial charge in [0.25, 0.3) is 0 Å². The molecule has 0 spiro atoms. The van der Waals surface area contributed by atoms with Gasteiger partial charge in [-0.1, -0.05) is 57.4 Å². The average molecular weight is 339 g/mol. The Morgan fingerprint density at radius 3 is 2.52 bits per heavy atom. The van der Waals surface area contributed by atoms with Crippen LogP contribution >= 0.6 is 0 Å². The van der Waals surface area contributed by atoms with Gasteiger partial charge in [-0.05, 0) is 41.3 Å². The van der Waals surface area contributed by atoms with Gasteiger partial charge in [0.05, 0.1) is 13.2 Å². The Morgan fingerprint density at radius 2 is 1.92 bits per heavy atom. The zero-order valence-corrected chi connectivity index (χ0v) is 15.3. The Morgan fingerprint density at radius 1 is 1.16 bits per heavy atom. The number of aliphatic hydroxyl groups is 1. The Hall–Kier alpha value is -2.13. The number of aliphatic hydroxyl groups excluding tert-OH is 1. The van der Waals surface area contributed by atoms with E-state index < -0.39 is 6.10 Å². The summed E-state index contributed by atoms with van der Waals surface area (Å²) in [6.07, 6.45) is 8.49. The molecule has 134 valence electrons. The van der Waals surface area contributed by atoms with E-state index in [1.165, 1.54) is 19.3 Å². The van der Waals surface area contributed by atoms with Crippen molar-refractivity contribution in [2.24, 2.45) is 5.92 Å². The van der Waals surface area contributed by atoms with E-state index in [2.05, 4.69) is 18.5 Å². The van der Waals surface area contributed by atoms with E-state index in [9.17, 15) is 5.11 Å². The molecule has 0 radical (unpaired) electrons. The summed E-state index contributed by atoms with van der Waals surface area (Å²) in [6.45, 7) is 6.51. The molecule has 1 heterocycles. The predicted molar refractivity (Wildman–Crippen MR) is 103 cm³/mol. The van der Waals surface area contributed by atoms with Crippen LogP contribution in [0.4, 0.5) is 0 Å². The van der Waals surface area contributed by atoms with Crippen LogP contribution in [0.3, 0.4) is 0 Å². The first-order chi connectivity index (χ1) is 12.2. The van der Waals surface area contributed by atoms with E-state index in [1.54, 1.807) is 19.5 Å². The smallest absolute Gasteiger partial charge is 0.118 e. The van der Waals surface area contributed by atoms with Gasteiger partial charge in [0.2, 0.25) is 0 Å².